The molecule has 2 fully saturated rings. The van der Waals surface area contributed by atoms with Crippen LogP contribution in [0.5, 0.6) is 0 Å². The summed E-state index contributed by atoms with van der Waals surface area (Å²) in [6.45, 7) is 3.27. The highest BCUT2D eigenvalue weighted by molar-refractivity contribution is 8.00. The molecular weight excluding hydrogens is 615 g/mol. The van der Waals surface area contributed by atoms with Crippen molar-refractivity contribution in [2.75, 3.05) is 13.7 Å². The van der Waals surface area contributed by atoms with E-state index in [9.17, 15) is 37.3 Å². The number of aliphatic hydroxyl groups is 3. The zero-order valence-electron chi connectivity index (χ0n) is 24.1. The molecule has 0 radical (unpaired) electrons. The normalized spacial score (nSPS) is 27.4. The fraction of sp³-hybridized carbons (Fsp3) is 0.630. The van der Waals surface area contributed by atoms with Crippen LogP contribution in [-0.4, -0.2) is 94.3 Å². The second kappa shape index (κ2) is 12.6. The van der Waals surface area contributed by atoms with Gasteiger partial charge in [-0.3, -0.25) is 0 Å². The van der Waals surface area contributed by atoms with Crippen molar-refractivity contribution in [1.82, 2.24) is 30.0 Å². The minimum absolute atomic E-state index is 0.0371. The molecule has 2 aromatic heterocycles. The standard InChI is InChI=1S/C27H33F5N6O5S/c1-4-37-20(13(2)33-35-37)24(26(41)5-7-27(31,32)8-6-26)44-25-23(42-3)21(22(40)18(12-39)43-25)38-11-17(34-36-38)14-9-15(28)19(30)16(29)10-14/h9-11,18,21-25,39-41H,4-8,12H2,1-3H3/t18-,21+,22+,23-,24-,25+/m1/s1. The summed E-state index contributed by atoms with van der Waals surface area (Å²) in [6.07, 6.45) is -3.85. The number of halogens is 5. The Kier molecular flexibility index (Phi) is 9.36. The number of hydrogen-bond acceptors (Lipinski definition) is 10. The van der Waals surface area contributed by atoms with Crippen molar-refractivity contribution < 1.29 is 46.7 Å². The van der Waals surface area contributed by atoms with E-state index in [-0.39, 0.29) is 24.1 Å². The third-order valence-electron chi connectivity index (χ3n) is 8.30. The van der Waals surface area contributed by atoms with Crippen LogP contribution in [0.4, 0.5) is 22.0 Å². The van der Waals surface area contributed by atoms with Crippen LogP contribution in [0.2, 0.25) is 0 Å². The van der Waals surface area contributed by atoms with Crippen molar-refractivity contribution >= 4 is 11.8 Å². The number of ether oxygens (including phenoxy) is 2. The molecule has 1 aliphatic carbocycles. The van der Waals surface area contributed by atoms with Gasteiger partial charge >= 0.3 is 0 Å². The molecular formula is C27H33F5N6O5S. The van der Waals surface area contributed by atoms with Crippen LogP contribution in [-0.2, 0) is 16.0 Å². The van der Waals surface area contributed by atoms with Crippen LogP contribution in [0.15, 0.2) is 18.3 Å². The summed E-state index contributed by atoms with van der Waals surface area (Å²) in [4.78, 5) is 0. The van der Waals surface area contributed by atoms with Gasteiger partial charge in [-0.1, -0.05) is 10.4 Å². The maximum Gasteiger partial charge on any atom is 0.248 e. The summed E-state index contributed by atoms with van der Waals surface area (Å²) in [7, 11) is 1.34. The quantitative estimate of drug-likeness (QED) is 0.234. The number of aliphatic hydroxyl groups excluding tert-OH is 2. The van der Waals surface area contributed by atoms with Gasteiger partial charge in [-0.2, -0.15) is 0 Å². The lowest BCUT2D eigenvalue weighted by atomic mass is 9.79. The van der Waals surface area contributed by atoms with Crippen LogP contribution < -0.4 is 0 Å². The number of hydrogen-bond donors (Lipinski definition) is 3. The van der Waals surface area contributed by atoms with E-state index in [0.717, 1.165) is 23.9 Å². The lowest BCUT2D eigenvalue weighted by Gasteiger charge is -2.47. The third-order valence-corrected chi connectivity index (χ3v) is 9.88. The summed E-state index contributed by atoms with van der Waals surface area (Å²) >= 11 is 1.07. The number of rotatable bonds is 9. The summed E-state index contributed by atoms with van der Waals surface area (Å²) in [5.74, 6) is -7.41. The molecule has 44 heavy (non-hydrogen) atoms. The molecule has 0 bridgehead atoms. The zero-order valence-corrected chi connectivity index (χ0v) is 24.9. The van der Waals surface area contributed by atoms with Crippen LogP contribution in [0.3, 0.4) is 0 Å². The predicted molar refractivity (Wildman–Crippen MR) is 146 cm³/mol. The zero-order chi connectivity index (χ0) is 32.0. The van der Waals surface area contributed by atoms with E-state index in [2.05, 4.69) is 20.6 Å². The van der Waals surface area contributed by atoms with Gasteiger partial charge in [-0.05, 0) is 38.8 Å². The lowest BCUT2D eigenvalue weighted by molar-refractivity contribution is -0.186. The first kappa shape index (κ1) is 32.7. The Bertz CT molecular complexity index is 1440. The topological polar surface area (TPSA) is 141 Å². The summed E-state index contributed by atoms with van der Waals surface area (Å²) < 4.78 is 84.4. The fourth-order valence-electron chi connectivity index (χ4n) is 5.84. The van der Waals surface area contributed by atoms with Gasteiger partial charge in [0.15, 0.2) is 17.5 Å². The van der Waals surface area contributed by atoms with Crippen LogP contribution in [0.25, 0.3) is 11.3 Å². The molecule has 1 aromatic carbocycles. The molecule has 3 N–H and O–H groups in total. The molecule has 3 aromatic rings. The molecule has 0 unspecified atom stereocenters. The Balaban J connectivity index is 1.52. The molecule has 1 aliphatic heterocycles. The average molecular weight is 649 g/mol. The van der Waals surface area contributed by atoms with Crippen molar-refractivity contribution in [2.24, 2.45) is 0 Å². The van der Waals surface area contributed by atoms with Gasteiger partial charge in [0.2, 0.25) is 5.92 Å². The Labute approximate surface area is 253 Å². The van der Waals surface area contributed by atoms with Crippen molar-refractivity contribution in [3.8, 4) is 11.3 Å². The number of aromatic nitrogens is 6. The highest BCUT2D eigenvalue weighted by Gasteiger charge is 2.53. The van der Waals surface area contributed by atoms with E-state index in [1.165, 1.54) is 18.0 Å². The van der Waals surface area contributed by atoms with Crippen LogP contribution >= 0.6 is 11.8 Å². The molecule has 1 saturated carbocycles. The molecule has 1 saturated heterocycles. The number of aryl methyl sites for hydroxylation is 2. The Morgan fingerprint density at radius 3 is 2.36 bits per heavy atom. The number of alkyl halides is 2. The number of benzene rings is 1. The van der Waals surface area contributed by atoms with E-state index in [1.807, 2.05) is 6.92 Å². The van der Waals surface area contributed by atoms with Gasteiger partial charge in [0.05, 0.1) is 35.0 Å². The minimum atomic E-state index is -2.92. The number of nitrogens with zero attached hydrogens (tertiary/aromatic N) is 6. The first-order valence-corrected chi connectivity index (χ1v) is 15.0. The van der Waals surface area contributed by atoms with Crippen molar-refractivity contribution in [3.05, 3.63) is 47.2 Å². The Morgan fingerprint density at radius 2 is 1.77 bits per heavy atom. The van der Waals surface area contributed by atoms with Gasteiger partial charge in [-0.25, -0.2) is 31.3 Å². The lowest BCUT2D eigenvalue weighted by Crippen LogP contribution is -2.56. The molecule has 6 atom stereocenters. The van der Waals surface area contributed by atoms with E-state index in [4.69, 9.17) is 9.47 Å². The maximum absolute atomic E-state index is 14.2. The molecule has 0 spiro atoms. The highest BCUT2D eigenvalue weighted by atomic mass is 32.2. The highest BCUT2D eigenvalue weighted by Crippen LogP contribution is 2.53. The van der Waals surface area contributed by atoms with Crippen molar-refractivity contribution in [1.29, 1.82) is 0 Å². The second-order valence-electron chi connectivity index (χ2n) is 11.1. The maximum atomic E-state index is 14.2. The van der Waals surface area contributed by atoms with Crippen LogP contribution in [0, 0.1) is 24.4 Å². The van der Waals surface area contributed by atoms with Crippen molar-refractivity contribution in [3.63, 3.8) is 0 Å². The van der Waals surface area contributed by atoms with Crippen molar-refractivity contribution in [2.45, 2.75) is 92.6 Å². The largest absolute Gasteiger partial charge is 0.394 e. The molecule has 5 rings (SSSR count). The van der Waals surface area contributed by atoms with E-state index in [1.54, 1.807) is 11.6 Å². The molecule has 11 nitrogen and oxygen atoms in total. The summed E-state index contributed by atoms with van der Waals surface area (Å²) in [5, 5.41) is 48.6. The number of methoxy groups -OCH3 is 1. The van der Waals surface area contributed by atoms with E-state index in [0.29, 0.717) is 17.9 Å². The van der Waals surface area contributed by atoms with Gasteiger partial charge in [-0.15, -0.1) is 22.0 Å². The third kappa shape index (κ3) is 6.09. The van der Waals surface area contributed by atoms with Gasteiger partial charge < -0.3 is 24.8 Å². The average Bonchev–Trinajstić information content (AvgIpc) is 3.63. The Hall–Kier alpha value is -2.70. The van der Waals surface area contributed by atoms with E-state index < -0.39 is 83.5 Å². The molecule has 242 valence electrons. The summed E-state index contributed by atoms with van der Waals surface area (Å²) in [5.41, 5.74) is -1.80. The Morgan fingerprint density at radius 1 is 1.11 bits per heavy atom. The van der Waals surface area contributed by atoms with Gasteiger partial charge in [0, 0.05) is 32.1 Å². The molecule has 17 heteroatoms. The predicted octanol–water partition coefficient (Wildman–Crippen LogP) is 3.33. The monoisotopic (exact) mass is 648 g/mol. The van der Waals surface area contributed by atoms with Gasteiger partial charge in [0.1, 0.15) is 35.5 Å². The van der Waals surface area contributed by atoms with Crippen LogP contribution in [0.1, 0.15) is 55.3 Å². The smallest absolute Gasteiger partial charge is 0.248 e. The SMILES string of the molecule is CCn1nnc(C)c1[C@@H](S[C@@H]1O[C@H](CO)[C@H](O)[C@H](n2cc(-c3cc(F)c(F)c(F)c3)nn2)[C@H]1OC)C1(O)CCC(F)(F)CC1. The summed E-state index contributed by atoms with van der Waals surface area (Å²) in [6, 6.07) is 0.422. The fourth-order valence-corrected chi connectivity index (χ4v) is 7.65. The van der Waals surface area contributed by atoms with E-state index >= 15 is 0 Å². The second-order valence-corrected chi connectivity index (χ2v) is 12.3. The molecule has 2 aliphatic rings. The first-order chi connectivity index (χ1) is 20.8. The molecule has 0 amide bonds. The van der Waals surface area contributed by atoms with Gasteiger partial charge in [0.25, 0.3) is 0 Å². The first-order valence-electron chi connectivity index (χ1n) is 14.0. The minimum Gasteiger partial charge on any atom is -0.394 e. The number of thioether (sulfide) groups is 1. The molecule has 3 heterocycles.